The van der Waals surface area contributed by atoms with Gasteiger partial charge in [0.1, 0.15) is 0 Å². The van der Waals surface area contributed by atoms with E-state index in [-0.39, 0.29) is 6.10 Å². The van der Waals surface area contributed by atoms with Crippen molar-refractivity contribution in [3.8, 4) is 0 Å². The average molecular weight is 182 g/mol. The Morgan fingerprint density at radius 2 is 1.69 bits per heavy atom. The third-order valence-corrected chi connectivity index (χ3v) is 4.10. The maximum absolute atomic E-state index is 10.2. The van der Waals surface area contributed by atoms with Gasteiger partial charge in [-0.15, -0.1) is 0 Å². The van der Waals surface area contributed by atoms with Crippen LogP contribution in [0.5, 0.6) is 0 Å². The molecule has 0 aliphatic heterocycles. The molecule has 0 aromatic carbocycles. The van der Waals surface area contributed by atoms with Gasteiger partial charge in [-0.2, -0.15) is 0 Å². The first kappa shape index (κ1) is 9.51. The normalized spacial score (nSPS) is 38.3. The van der Waals surface area contributed by atoms with Gasteiger partial charge in [0, 0.05) is 0 Å². The van der Waals surface area contributed by atoms with Crippen LogP contribution >= 0.6 is 0 Å². The van der Waals surface area contributed by atoms with E-state index in [1.807, 2.05) is 0 Å². The fourth-order valence-corrected chi connectivity index (χ4v) is 3.25. The predicted octanol–water partition coefficient (Wildman–Crippen LogP) is 2.97. The molecule has 0 amide bonds. The molecule has 0 bridgehead atoms. The highest BCUT2D eigenvalue weighted by Crippen LogP contribution is 2.39. The van der Waals surface area contributed by atoms with Crippen molar-refractivity contribution < 1.29 is 5.11 Å². The Morgan fingerprint density at radius 3 is 2.23 bits per heavy atom. The second kappa shape index (κ2) is 4.00. The summed E-state index contributed by atoms with van der Waals surface area (Å²) in [6, 6.07) is 0. The summed E-state index contributed by atoms with van der Waals surface area (Å²) >= 11 is 0. The second-order valence-corrected chi connectivity index (χ2v) is 5.21. The van der Waals surface area contributed by atoms with Crippen LogP contribution in [0, 0.1) is 17.8 Å². The molecule has 2 saturated carbocycles. The zero-order chi connectivity index (χ0) is 9.26. The van der Waals surface area contributed by atoms with Crippen LogP contribution in [0.3, 0.4) is 0 Å². The van der Waals surface area contributed by atoms with Gasteiger partial charge in [-0.1, -0.05) is 26.2 Å². The molecular formula is C12H22O. The molecule has 1 nitrogen and oxygen atoms in total. The van der Waals surface area contributed by atoms with Crippen molar-refractivity contribution in [3.05, 3.63) is 0 Å². The van der Waals surface area contributed by atoms with Crippen LogP contribution in [-0.2, 0) is 0 Å². The van der Waals surface area contributed by atoms with Crippen molar-refractivity contribution in [2.24, 2.45) is 17.8 Å². The second-order valence-electron chi connectivity index (χ2n) is 5.21. The van der Waals surface area contributed by atoms with E-state index in [1.54, 1.807) is 0 Å². The van der Waals surface area contributed by atoms with Crippen molar-refractivity contribution in [2.75, 3.05) is 0 Å². The van der Waals surface area contributed by atoms with Crippen LogP contribution in [0.4, 0.5) is 0 Å². The minimum absolute atomic E-state index is 0.0347. The molecule has 13 heavy (non-hydrogen) atoms. The highest BCUT2D eigenvalue weighted by molar-refractivity contribution is 4.84. The van der Waals surface area contributed by atoms with Crippen LogP contribution in [0.2, 0.25) is 0 Å². The topological polar surface area (TPSA) is 20.2 Å². The molecular weight excluding hydrogens is 160 g/mol. The van der Waals surface area contributed by atoms with Crippen molar-refractivity contribution in [1.29, 1.82) is 0 Å². The quantitative estimate of drug-likeness (QED) is 0.696. The zero-order valence-corrected chi connectivity index (χ0v) is 8.71. The number of hydrogen-bond donors (Lipinski definition) is 1. The molecule has 0 radical (unpaired) electrons. The van der Waals surface area contributed by atoms with Gasteiger partial charge in [-0.3, -0.25) is 0 Å². The molecule has 76 valence electrons. The van der Waals surface area contributed by atoms with Gasteiger partial charge in [0.05, 0.1) is 6.10 Å². The molecule has 2 aliphatic carbocycles. The van der Waals surface area contributed by atoms with Crippen LogP contribution < -0.4 is 0 Å². The molecule has 2 fully saturated rings. The largest absolute Gasteiger partial charge is 0.393 e. The van der Waals surface area contributed by atoms with Crippen molar-refractivity contribution in [1.82, 2.24) is 0 Å². The zero-order valence-electron chi connectivity index (χ0n) is 8.71. The van der Waals surface area contributed by atoms with E-state index in [0.29, 0.717) is 11.8 Å². The first-order valence-corrected chi connectivity index (χ1v) is 5.95. The Morgan fingerprint density at radius 1 is 1.00 bits per heavy atom. The average Bonchev–Trinajstić information content (AvgIpc) is 2.72. The Labute approximate surface area is 81.5 Å². The highest BCUT2D eigenvalue weighted by Gasteiger charge is 2.33. The van der Waals surface area contributed by atoms with E-state index in [9.17, 15) is 5.11 Å². The van der Waals surface area contributed by atoms with Crippen molar-refractivity contribution in [3.63, 3.8) is 0 Å². The molecule has 1 heteroatoms. The lowest BCUT2D eigenvalue weighted by Gasteiger charge is -2.23. The van der Waals surface area contributed by atoms with Gasteiger partial charge < -0.3 is 5.11 Å². The molecule has 0 spiro atoms. The van der Waals surface area contributed by atoms with E-state index in [1.165, 1.54) is 44.9 Å². The maximum Gasteiger partial charge on any atom is 0.0596 e. The van der Waals surface area contributed by atoms with E-state index >= 15 is 0 Å². The van der Waals surface area contributed by atoms with E-state index in [0.717, 1.165) is 5.92 Å². The summed E-state index contributed by atoms with van der Waals surface area (Å²) < 4.78 is 0. The molecule has 0 heterocycles. The van der Waals surface area contributed by atoms with Gasteiger partial charge in [0.15, 0.2) is 0 Å². The van der Waals surface area contributed by atoms with Crippen LogP contribution in [0.25, 0.3) is 0 Å². The Balaban J connectivity index is 1.85. The molecule has 2 aliphatic rings. The molecule has 1 N–H and O–H groups in total. The lowest BCUT2D eigenvalue weighted by molar-refractivity contribution is 0.0538. The smallest absolute Gasteiger partial charge is 0.0596 e. The first-order valence-electron chi connectivity index (χ1n) is 5.95. The number of aliphatic hydroxyl groups excluding tert-OH is 1. The summed E-state index contributed by atoms with van der Waals surface area (Å²) in [5, 5.41) is 10.2. The van der Waals surface area contributed by atoms with Gasteiger partial charge >= 0.3 is 0 Å². The number of rotatable bonds is 2. The molecule has 0 saturated heterocycles. The maximum atomic E-state index is 10.2. The minimum atomic E-state index is 0.0347. The number of aliphatic hydroxyl groups is 1. The third-order valence-electron chi connectivity index (χ3n) is 4.10. The fourth-order valence-electron chi connectivity index (χ4n) is 3.25. The summed E-state index contributed by atoms with van der Waals surface area (Å²) in [6.07, 6.45) is 9.20. The van der Waals surface area contributed by atoms with Gasteiger partial charge in [-0.25, -0.2) is 0 Å². The standard InChI is InChI=1S/C12H22O/c1-9-6-7-11(8-9)12(13)10-4-2-3-5-10/h9-13H,2-8H2,1H3. The Kier molecular flexibility index (Phi) is 2.92. The monoisotopic (exact) mass is 182 g/mol. The predicted molar refractivity (Wildman–Crippen MR) is 54.5 cm³/mol. The third kappa shape index (κ3) is 2.07. The summed E-state index contributed by atoms with van der Waals surface area (Å²) in [6.45, 7) is 2.32. The van der Waals surface area contributed by atoms with Gasteiger partial charge in [-0.05, 0) is 43.4 Å². The van der Waals surface area contributed by atoms with Crippen molar-refractivity contribution >= 4 is 0 Å². The minimum Gasteiger partial charge on any atom is -0.393 e. The lowest BCUT2D eigenvalue weighted by atomic mass is 9.88. The molecule has 0 aromatic rings. The van der Waals surface area contributed by atoms with E-state index in [4.69, 9.17) is 0 Å². The van der Waals surface area contributed by atoms with Crippen LogP contribution in [-0.4, -0.2) is 11.2 Å². The van der Waals surface area contributed by atoms with E-state index in [2.05, 4.69) is 6.92 Å². The molecule has 0 aromatic heterocycles. The van der Waals surface area contributed by atoms with Gasteiger partial charge in [0.25, 0.3) is 0 Å². The lowest BCUT2D eigenvalue weighted by Crippen LogP contribution is -2.25. The SMILES string of the molecule is CC1CCC(C(O)C2CCCC2)C1. The summed E-state index contributed by atoms with van der Waals surface area (Å²) in [7, 11) is 0. The van der Waals surface area contributed by atoms with E-state index < -0.39 is 0 Å². The van der Waals surface area contributed by atoms with Gasteiger partial charge in [0.2, 0.25) is 0 Å². The van der Waals surface area contributed by atoms with Crippen molar-refractivity contribution in [2.45, 2.75) is 58.0 Å². The summed E-state index contributed by atoms with van der Waals surface area (Å²) in [5.41, 5.74) is 0. The van der Waals surface area contributed by atoms with Crippen LogP contribution in [0.1, 0.15) is 51.9 Å². The first-order chi connectivity index (χ1) is 6.27. The highest BCUT2D eigenvalue weighted by atomic mass is 16.3. The Hall–Kier alpha value is -0.0400. The summed E-state index contributed by atoms with van der Waals surface area (Å²) in [5.74, 6) is 2.15. The molecule has 3 atom stereocenters. The fraction of sp³-hybridized carbons (Fsp3) is 1.00. The number of hydrogen-bond acceptors (Lipinski definition) is 1. The summed E-state index contributed by atoms with van der Waals surface area (Å²) in [4.78, 5) is 0. The molecule has 3 unspecified atom stereocenters. The Bertz CT molecular complexity index is 161. The van der Waals surface area contributed by atoms with Crippen LogP contribution in [0.15, 0.2) is 0 Å². The molecule has 2 rings (SSSR count).